The first-order valence-electron chi connectivity index (χ1n) is 20.1. The van der Waals surface area contributed by atoms with Gasteiger partial charge < -0.3 is 46.3 Å². The molecule has 3 aliphatic rings. The van der Waals surface area contributed by atoms with E-state index in [2.05, 4.69) is 71.6 Å². The third-order valence-electron chi connectivity index (χ3n) is 11.8. The van der Waals surface area contributed by atoms with Crippen LogP contribution in [0, 0.1) is 41.4 Å². The molecule has 2 aromatic carbocycles. The van der Waals surface area contributed by atoms with Gasteiger partial charge in [0.2, 0.25) is 0 Å². The van der Waals surface area contributed by atoms with E-state index in [1.54, 1.807) is 12.1 Å². The van der Waals surface area contributed by atoms with Crippen molar-refractivity contribution < 1.29 is 30.3 Å². The second-order valence-corrected chi connectivity index (χ2v) is 15.8. The summed E-state index contributed by atoms with van der Waals surface area (Å²) in [6, 6.07) is 19.7. The van der Waals surface area contributed by atoms with Crippen LogP contribution in [0.4, 0.5) is 0 Å². The SMILES string of the molecule is CC(Cc1ccccc1)C1C#CC2C=CC(c3ccc(O)c(OC(CC(Cc4ccc[nH]4)C4=CCNC(N)=C4)C(O)CCO)c3)CC(O)C2C(O)CCCC1. The zero-order valence-corrected chi connectivity index (χ0v) is 31.9. The van der Waals surface area contributed by atoms with E-state index in [-0.39, 0.29) is 48.2 Å². The van der Waals surface area contributed by atoms with Crippen molar-refractivity contribution in [2.24, 2.45) is 35.3 Å². The van der Waals surface area contributed by atoms with Crippen LogP contribution in [0.25, 0.3) is 0 Å². The van der Waals surface area contributed by atoms with Crippen LogP contribution in [0.3, 0.4) is 0 Å². The number of hydrogen-bond acceptors (Lipinski definition) is 8. The smallest absolute Gasteiger partial charge is 0.161 e. The first kappa shape index (κ1) is 40.2. The summed E-state index contributed by atoms with van der Waals surface area (Å²) in [6.07, 6.45) is 12.7. The number of nitrogens with two attached hydrogens (primary N) is 1. The summed E-state index contributed by atoms with van der Waals surface area (Å²) >= 11 is 0. The molecular weight excluding hydrogens is 691 g/mol. The zero-order valence-electron chi connectivity index (χ0n) is 31.9. The highest BCUT2D eigenvalue weighted by Gasteiger charge is 2.37. The molecule has 0 amide bonds. The molecule has 2 aliphatic carbocycles. The number of ether oxygens (including phenoxy) is 1. The molecule has 1 aliphatic heterocycles. The molecule has 10 unspecified atom stereocenters. The van der Waals surface area contributed by atoms with Crippen molar-refractivity contribution in [3.63, 3.8) is 0 Å². The Balaban J connectivity index is 1.24. The molecule has 3 aromatic rings. The fourth-order valence-corrected chi connectivity index (χ4v) is 8.60. The number of rotatable bonds is 14. The van der Waals surface area contributed by atoms with Gasteiger partial charge in [-0.2, -0.15) is 0 Å². The lowest BCUT2D eigenvalue weighted by Crippen LogP contribution is -2.37. The number of dihydropyridines is 1. The van der Waals surface area contributed by atoms with Crippen molar-refractivity contribution in [1.29, 1.82) is 0 Å². The number of aliphatic hydroxyl groups excluding tert-OH is 4. The van der Waals surface area contributed by atoms with E-state index in [0.717, 1.165) is 42.5 Å². The highest BCUT2D eigenvalue weighted by atomic mass is 16.5. The zero-order chi connectivity index (χ0) is 38.7. The number of phenolic OH excluding ortho intramolecular Hbond substituents is 1. The number of aromatic amines is 1. The number of hydrogen-bond donors (Lipinski definition) is 8. The number of allylic oxidation sites excluding steroid dienone is 4. The molecule has 9 nitrogen and oxygen atoms in total. The summed E-state index contributed by atoms with van der Waals surface area (Å²) in [6.45, 7) is 2.64. The maximum Gasteiger partial charge on any atom is 0.161 e. The summed E-state index contributed by atoms with van der Waals surface area (Å²) in [4.78, 5) is 3.28. The van der Waals surface area contributed by atoms with E-state index in [0.29, 0.717) is 44.0 Å². The quantitative estimate of drug-likeness (QED) is 0.0751. The van der Waals surface area contributed by atoms with Crippen LogP contribution in [0.2, 0.25) is 0 Å². The molecule has 0 saturated heterocycles. The summed E-state index contributed by atoms with van der Waals surface area (Å²) in [7, 11) is 0. The number of benzene rings is 2. The van der Waals surface area contributed by atoms with Gasteiger partial charge in [-0.15, -0.1) is 0 Å². The highest BCUT2D eigenvalue weighted by Crippen LogP contribution is 2.40. The van der Waals surface area contributed by atoms with Crippen molar-refractivity contribution in [1.82, 2.24) is 10.3 Å². The monoisotopic (exact) mass is 749 g/mol. The number of aromatic hydroxyl groups is 1. The predicted octanol–water partition coefficient (Wildman–Crippen LogP) is 5.86. The molecule has 0 radical (unpaired) electrons. The number of phenols is 1. The molecule has 6 rings (SSSR count). The number of aliphatic hydroxyl groups is 4. The standard InChI is InChI=1S/C46H59N3O6/c1-30(24-31-8-3-2-4-9-31)32-10-5-6-12-41(53)46-33(14-13-32)15-16-34(26-42(46)54)35-17-18-39(51)43(27-35)55-44(40(52)20-23-50)28-37(25-38-11-7-21-48-38)36-19-22-49-45(47)29-36/h2-4,7-9,11,15-19,21,27,29-30,32-34,37,40-42,44,46,48-54H,5-6,10,12,20,22-26,28,47H2,1H3. The highest BCUT2D eigenvalue weighted by molar-refractivity contribution is 5.44. The van der Waals surface area contributed by atoms with E-state index in [1.807, 2.05) is 36.5 Å². The predicted molar refractivity (Wildman–Crippen MR) is 216 cm³/mol. The van der Waals surface area contributed by atoms with Gasteiger partial charge in [0.25, 0.3) is 0 Å². The van der Waals surface area contributed by atoms with Gasteiger partial charge in [0.05, 0.1) is 24.1 Å². The van der Waals surface area contributed by atoms with E-state index in [9.17, 15) is 25.5 Å². The Morgan fingerprint density at radius 3 is 2.55 bits per heavy atom. The lowest BCUT2D eigenvalue weighted by Gasteiger charge is -2.31. The maximum atomic E-state index is 11.8. The van der Waals surface area contributed by atoms with Crippen molar-refractivity contribution in [3.05, 3.63) is 119 Å². The first-order chi connectivity index (χ1) is 26.7. The van der Waals surface area contributed by atoms with Gasteiger partial charge in [-0.25, -0.2) is 0 Å². The van der Waals surface area contributed by atoms with Gasteiger partial charge in [0, 0.05) is 55.1 Å². The van der Waals surface area contributed by atoms with Crippen molar-refractivity contribution in [2.45, 2.75) is 95.0 Å². The number of fused-ring (bicyclic) bond motifs is 1. The number of aromatic nitrogens is 1. The van der Waals surface area contributed by atoms with Crippen LogP contribution in [-0.2, 0) is 12.8 Å². The Kier molecular flexibility index (Phi) is 14.2. The lowest BCUT2D eigenvalue weighted by molar-refractivity contribution is -0.00715. The molecule has 55 heavy (non-hydrogen) atoms. The topological polar surface area (TPSA) is 164 Å². The Bertz CT molecular complexity index is 1810. The number of nitrogens with one attached hydrogen (secondary N) is 2. The van der Waals surface area contributed by atoms with Crippen molar-refractivity contribution in [2.75, 3.05) is 13.2 Å². The molecule has 0 spiro atoms. The Morgan fingerprint density at radius 1 is 0.964 bits per heavy atom. The average Bonchev–Trinajstić information content (AvgIpc) is 3.63. The Morgan fingerprint density at radius 2 is 1.78 bits per heavy atom. The lowest BCUT2D eigenvalue weighted by atomic mass is 9.78. The molecule has 294 valence electrons. The normalized spacial score (nSPS) is 26.3. The van der Waals surface area contributed by atoms with E-state index in [4.69, 9.17) is 10.5 Å². The van der Waals surface area contributed by atoms with Crippen LogP contribution in [0.15, 0.2) is 103 Å². The fourth-order valence-electron chi connectivity index (χ4n) is 8.60. The van der Waals surface area contributed by atoms with Gasteiger partial charge in [0.15, 0.2) is 11.5 Å². The molecule has 9 N–H and O–H groups in total. The van der Waals surface area contributed by atoms with Crippen LogP contribution >= 0.6 is 0 Å². The first-order valence-corrected chi connectivity index (χ1v) is 20.1. The fraction of sp³-hybridized carbons (Fsp3) is 0.478. The molecule has 1 aromatic heterocycles. The van der Waals surface area contributed by atoms with E-state index >= 15 is 0 Å². The van der Waals surface area contributed by atoms with Gasteiger partial charge in [-0.1, -0.05) is 86.2 Å². The van der Waals surface area contributed by atoms with Crippen LogP contribution < -0.4 is 15.8 Å². The molecule has 0 bridgehead atoms. The molecule has 10 atom stereocenters. The van der Waals surface area contributed by atoms with Crippen LogP contribution in [0.1, 0.15) is 74.6 Å². The minimum atomic E-state index is -1.01. The molecule has 0 saturated carbocycles. The molecule has 0 fully saturated rings. The largest absolute Gasteiger partial charge is 0.504 e. The van der Waals surface area contributed by atoms with E-state index < -0.39 is 30.3 Å². The Hall–Kier alpha value is -4.46. The van der Waals surface area contributed by atoms with Crippen LogP contribution in [0.5, 0.6) is 11.5 Å². The maximum absolute atomic E-state index is 11.8. The summed E-state index contributed by atoms with van der Waals surface area (Å²) in [5.74, 6) is 7.39. The summed E-state index contributed by atoms with van der Waals surface area (Å²) in [5, 5.41) is 58.5. The minimum Gasteiger partial charge on any atom is -0.504 e. The van der Waals surface area contributed by atoms with Gasteiger partial charge in [-0.3, -0.25) is 0 Å². The number of H-pyrrole nitrogens is 1. The van der Waals surface area contributed by atoms with Crippen LogP contribution in [-0.4, -0.2) is 68.1 Å². The second-order valence-electron chi connectivity index (χ2n) is 15.8. The second kappa shape index (κ2) is 19.4. The van der Waals surface area contributed by atoms with Gasteiger partial charge in [-0.05, 0) is 97.4 Å². The Labute approximate surface area is 326 Å². The van der Waals surface area contributed by atoms with Gasteiger partial charge >= 0.3 is 0 Å². The van der Waals surface area contributed by atoms with Crippen molar-refractivity contribution >= 4 is 0 Å². The van der Waals surface area contributed by atoms with E-state index in [1.165, 1.54) is 5.56 Å². The average molecular weight is 750 g/mol. The summed E-state index contributed by atoms with van der Waals surface area (Å²) < 4.78 is 6.50. The summed E-state index contributed by atoms with van der Waals surface area (Å²) in [5.41, 5.74) is 10.3. The minimum absolute atomic E-state index is 0.0691. The molecule has 2 heterocycles. The third-order valence-corrected chi connectivity index (χ3v) is 11.8. The molecular formula is C46H59N3O6. The molecule has 9 heteroatoms. The van der Waals surface area contributed by atoms with Crippen molar-refractivity contribution in [3.8, 4) is 23.3 Å². The third kappa shape index (κ3) is 10.9. The van der Waals surface area contributed by atoms with Gasteiger partial charge in [0.1, 0.15) is 6.10 Å².